The van der Waals surface area contributed by atoms with Crippen LogP contribution in [0.25, 0.3) is 0 Å². The Kier molecular flexibility index (Phi) is 7.02. The molecule has 1 aliphatic rings. The smallest absolute Gasteiger partial charge is 0.242 e. The zero-order valence-electron chi connectivity index (χ0n) is 17.2. The number of rotatable bonds is 7. The summed E-state index contributed by atoms with van der Waals surface area (Å²) in [4.78, 5) is 27.6. The Morgan fingerprint density at radius 2 is 1.69 bits per heavy atom. The molecule has 2 amide bonds. The second-order valence-corrected chi connectivity index (χ2v) is 7.88. The van der Waals surface area contributed by atoms with Crippen LogP contribution in [0.5, 0.6) is 0 Å². The molecule has 0 radical (unpaired) electrons. The fourth-order valence-corrected chi connectivity index (χ4v) is 3.85. The van der Waals surface area contributed by atoms with E-state index in [0.717, 1.165) is 36.8 Å². The average molecular weight is 397 g/mol. The van der Waals surface area contributed by atoms with E-state index in [9.17, 15) is 14.0 Å². The molecular formula is C24H29FN2O2. The van der Waals surface area contributed by atoms with Crippen molar-refractivity contribution in [2.24, 2.45) is 0 Å². The Hall–Kier alpha value is -2.69. The van der Waals surface area contributed by atoms with Crippen LogP contribution < -0.4 is 5.32 Å². The molecule has 1 fully saturated rings. The number of aryl methyl sites for hydroxylation is 1. The van der Waals surface area contributed by atoms with Gasteiger partial charge in [0.2, 0.25) is 11.8 Å². The predicted molar refractivity (Wildman–Crippen MR) is 112 cm³/mol. The number of benzene rings is 2. The predicted octanol–water partition coefficient (Wildman–Crippen LogP) is 4.15. The van der Waals surface area contributed by atoms with Gasteiger partial charge in [-0.3, -0.25) is 9.59 Å². The molecule has 0 saturated heterocycles. The van der Waals surface area contributed by atoms with Crippen LogP contribution >= 0.6 is 0 Å². The highest BCUT2D eigenvalue weighted by Crippen LogP contribution is 2.20. The first-order chi connectivity index (χ1) is 14.0. The topological polar surface area (TPSA) is 49.4 Å². The average Bonchev–Trinajstić information content (AvgIpc) is 3.21. The molecule has 0 aromatic heterocycles. The van der Waals surface area contributed by atoms with E-state index in [1.165, 1.54) is 6.07 Å². The van der Waals surface area contributed by atoms with Gasteiger partial charge in [0.15, 0.2) is 0 Å². The van der Waals surface area contributed by atoms with Crippen molar-refractivity contribution in [3.63, 3.8) is 0 Å². The summed E-state index contributed by atoms with van der Waals surface area (Å²) in [6.45, 7) is 4.05. The lowest BCUT2D eigenvalue weighted by molar-refractivity contribution is -0.140. The Morgan fingerprint density at radius 1 is 1.07 bits per heavy atom. The Labute approximate surface area is 172 Å². The molecule has 0 aliphatic heterocycles. The fraction of sp³-hybridized carbons (Fsp3) is 0.417. The normalized spacial score (nSPS) is 15.1. The highest BCUT2D eigenvalue weighted by atomic mass is 19.1. The van der Waals surface area contributed by atoms with Gasteiger partial charge in [0.25, 0.3) is 0 Å². The zero-order chi connectivity index (χ0) is 20.8. The van der Waals surface area contributed by atoms with E-state index in [-0.39, 0.29) is 24.3 Å². The van der Waals surface area contributed by atoms with E-state index in [2.05, 4.69) is 5.32 Å². The molecule has 1 atom stereocenters. The van der Waals surface area contributed by atoms with Crippen molar-refractivity contribution in [3.8, 4) is 0 Å². The standard InChI is InChI=1S/C24H29FN2O2/c1-17-9-3-4-11-20(17)16-27(18(2)24(29)26-21-12-6-7-13-21)23(28)15-19-10-5-8-14-22(19)25/h3-5,8-11,14,18,21H,6-7,12-13,15-16H2,1-2H3,(H,26,29)/t18-/m0/s1. The lowest BCUT2D eigenvalue weighted by Crippen LogP contribution is -2.50. The molecule has 154 valence electrons. The first kappa shape index (κ1) is 21.0. The molecule has 5 heteroatoms. The third-order valence-corrected chi connectivity index (χ3v) is 5.77. The van der Waals surface area contributed by atoms with Gasteiger partial charge in [-0.2, -0.15) is 0 Å². The Morgan fingerprint density at radius 3 is 2.34 bits per heavy atom. The number of carbonyl (C=O) groups is 2. The van der Waals surface area contributed by atoms with Crippen molar-refractivity contribution in [1.29, 1.82) is 0 Å². The third-order valence-electron chi connectivity index (χ3n) is 5.77. The number of hydrogen-bond donors (Lipinski definition) is 1. The molecule has 4 nitrogen and oxygen atoms in total. The number of halogens is 1. The van der Waals surface area contributed by atoms with Crippen LogP contribution in [0, 0.1) is 12.7 Å². The summed E-state index contributed by atoms with van der Waals surface area (Å²) in [5, 5.41) is 3.08. The van der Waals surface area contributed by atoms with Crippen molar-refractivity contribution in [1.82, 2.24) is 10.2 Å². The van der Waals surface area contributed by atoms with E-state index in [1.807, 2.05) is 31.2 Å². The highest BCUT2D eigenvalue weighted by molar-refractivity contribution is 5.88. The van der Waals surface area contributed by atoms with Crippen molar-refractivity contribution < 1.29 is 14.0 Å². The first-order valence-corrected chi connectivity index (χ1v) is 10.3. The Bertz CT molecular complexity index is 861. The molecule has 0 heterocycles. The number of nitrogens with zero attached hydrogens (tertiary/aromatic N) is 1. The molecule has 1 saturated carbocycles. The van der Waals surface area contributed by atoms with Gasteiger partial charge in [0.1, 0.15) is 11.9 Å². The van der Waals surface area contributed by atoms with Gasteiger partial charge in [-0.05, 0) is 49.4 Å². The molecule has 2 aromatic rings. The summed E-state index contributed by atoms with van der Waals surface area (Å²) in [7, 11) is 0. The van der Waals surface area contributed by atoms with Crippen molar-refractivity contribution >= 4 is 11.8 Å². The number of nitrogens with one attached hydrogen (secondary N) is 1. The van der Waals surface area contributed by atoms with Crippen LogP contribution in [0.2, 0.25) is 0 Å². The quantitative estimate of drug-likeness (QED) is 0.764. The summed E-state index contributed by atoms with van der Waals surface area (Å²) in [6, 6.07) is 13.7. The molecule has 3 rings (SSSR count). The largest absolute Gasteiger partial charge is 0.352 e. The van der Waals surface area contributed by atoms with Crippen LogP contribution in [0.1, 0.15) is 49.3 Å². The molecule has 0 spiro atoms. The number of carbonyl (C=O) groups excluding carboxylic acids is 2. The van der Waals surface area contributed by atoms with Crippen molar-refractivity contribution in [2.45, 2.75) is 64.6 Å². The van der Waals surface area contributed by atoms with Crippen molar-refractivity contribution in [3.05, 3.63) is 71.0 Å². The number of amides is 2. The summed E-state index contributed by atoms with van der Waals surface area (Å²) < 4.78 is 14.1. The molecule has 1 aliphatic carbocycles. The summed E-state index contributed by atoms with van der Waals surface area (Å²) in [6.07, 6.45) is 4.15. The summed E-state index contributed by atoms with van der Waals surface area (Å²) >= 11 is 0. The van der Waals surface area contributed by atoms with Gasteiger partial charge in [0, 0.05) is 12.6 Å². The van der Waals surface area contributed by atoms with Crippen LogP contribution in [0.15, 0.2) is 48.5 Å². The minimum absolute atomic E-state index is 0.0698. The molecule has 0 unspecified atom stereocenters. The lowest BCUT2D eigenvalue weighted by atomic mass is 10.1. The van der Waals surface area contributed by atoms with Gasteiger partial charge in [-0.1, -0.05) is 55.3 Å². The van der Waals surface area contributed by atoms with E-state index in [0.29, 0.717) is 12.1 Å². The van der Waals surface area contributed by atoms with E-state index >= 15 is 0 Å². The molecule has 1 N–H and O–H groups in total. The maximum atomic E-state index is 14.1. The van der Waals surface area contributed by atoms with E-state index < -0.39 is 11.9 Å². The van der Waals surface area contributed by atoms with Crippen LogP contribution in [-0.4, -0.2) is 28.8 Å². The van der Waals surface area contributed by atoms with Crippen LogP contribution in [0.4, 0.5) is 4.39 Å². The molecule has 29 heavy (non-hydrogen) atoms. The molecule has 2 aromatic carbocycles. The zero-order valence-corrected chi connectivity index (χ0v) is 17.2. The van der Waals surface area contributed by atoms with Gasteiger partial charge in [-0.15, -0.1) is 0 Å². The van der Waals surface area contributed by atoms with Crippen LogP contribution in [-0.2, 0) is 22.6 Å². The van der Waals surface area contributed by atoms with Gasteiger partial charge >= 0.3 is 0 Å². The van der Waals surface area contributed by atoms with E-state index in [1.54, 1.807) is 30.0 Å². The SMILES string of the molecule is Cc1ccccc1CN(C(=O)Cc1ccccc1F)[C@@H](C)C(=O)NC1CCCC1. The summed E-state index contributed by atoms with van der Waals surface area (Å²) in [5.41, 5.74) is 2.38. The number of hydrogen-bond acceptors (Lipinski definition) is 2. The minimum atomic E-state index is -0.630. The second-order valence-electron chi connectivity index (χ2n) is 7.88. The minimum Gasteiger partial charge on any atom is -0.352 e. The maximum Gasteiger partial charge on any atom is 0.242 e. The molecule has 0 bridgehead atoms. The van der Waals surface area contributed by atoms with Crippen molar-refractivity contribution in [2.75, 3.05) is 0 Å². The fourth-order valence-electron chi connectivity index (χ4n) is 3.85. The third kappa shape index (κ3) is 5.43. The highest BCUT2D eigenvalue weighted by Gasteiger charge is 2.29. The van der Waals surface area contributed by atoms with Gasteiger partial charge < -0.3 is 10.2 Å². The van der Waals surface area contributed by atoms with Gasteiger partial charge in [0.05, 0.1) is 6.42 Å². The lowest BCUT2D eigenvalue weighted by Gasteiger charge is -2.30. The van der Waals surface area contributed by atoms with Crippen LogP contribution in [0.3, 0.4) is 0 Å². The first-order valence-electron chi connectivity index (χ1n) is 10.3. The monoisotopic (exact) mass is 396 g/mol. The Balaban J connectivity index is 1.80. The molecular weight excluding hydrogens is 367 g/mol. The van der Waals surface area contributed by atoms with E-state index in [4.69, 9.17) is 0 Å². The van der Waals surface area contributed by atoms with Gasteiger partial charge in [-0.25, -0.2) is 4.39 Å². The summed E-state index contributed by atoms with van der Waals surface area (Å²) in [5.74, 6) is -0.806. The maximum absolute atomic E-state index is 14.1. The second kappa shape index (κ2) is 9.68.